The van der Waals surface area contributed by atoms with Gasteiger partial charge in [-0.25, -0.2) is 0 Å². The first-order chi connectivity index (χ1) is 4.75. The zero-order valence-corrected chi connectivity index (χ0v) is 8.67. The molecule has 0 fully saturated rings. The molecule has 0 aromatic heterocycles. The van der Waals surface area contributed by atoms with Gasteiger partial charge >= 0.3 is 0 Å². The van der Waals surface area contributed by atoms with Gasteiger partial charge in [-0.2, -0.15) is 0 Å². The Morgan fingerprint density at radius 1 is 1.17 bits per heavy atom. The first-order valence-electron chi connectivity index (χ1n) is 3.27. The van der Waals surface area contributed by atoms with Gasteiger partial charge in [0.1, 0.15) is 6.29 Å². The van der Waals surface area contributed by atoms with Crippen LogP contribution in [-0.2, 0) is 0 Å². The van der Waals surface area contributed by atoms with Crippen LogP contribution in [0.2, 0.25) is 0 Å². The predicted octanol–water partition coefficient (Wildman–Crippen LogP) is 2.96. The zero-order valence-electron chi connectivity index (χ0n) is 7.03. The van der Waals surface area contributed by atoms with Crippen molar-refractivity contribution in [3.05, 3.63) is 34.9 Å². The Morgan fingerprint density at radius 2 is 1.75 bits per heavy atom. The molecule has 0 saturated carbocycles. The molecule has 0 heterocycles. The monoisotopic (exact) mass is 206 g/mol. The van der Waals surface area contributed by atoms with Crippen molar-refractivity contribution in [1.82, 2.24) is 0 Å². The molecule has 0 spiro atoms. The minimum Gasteiger partial charge on any atom is -0.298 e. The van der Waals surface area contributed by atoms with Crippen LogP contribution in [0.3, 0.4) is 0 Å². The number of carbonyl (C=O) groups is 1. The van der Waals surface area contributed by atoms with Crippen LogP contribution in [0.4, 0.5) is 0 Å². The highest BCUT2D eigenvalue weighted by atomic mass is 35.5. The van der Waals surface area contributed by atoms with E-state index in [1.54, 1.807) is 0 Å². The smallest absolute Gasteiger partial charge is 0.150 e. The second-order valence-corrected chi connectivity index (χ2v) is 2.41. The third-order valence-corrected chi connectivity index (χ3v) is 1.77. The van der Waals surface area contributed by atoms with Crippen LogP contribution >= 0.6 is 24.8 Å². The molecular formula is C9H12Cl2O. The van der Waals surface area contributed by atoms with Crippen LogP contribution in [0.15, 0.2) is 18.2 Å². The lowest BCUT2D eigenvalue weighted by Gasteiger charge is -1.99. The molecule has 0 saturated heterocycles. The molecule has 1 rings (SSSR count). The van der Waals surface area contributed by atoms with E-state index in [2.05, 4.69) is 0 Å². The van der Waals surface area contributed by atoms with Gasteiger partial charge < -0.3 is 0 Å². The SMILES string of the molecule is Cc1cccc(C=O)c1C.Cl.Cl. The maximum atomic E-state index is 10.4. The van der Waals surface area contributed by atoms with Crippen LogP contribution in [0.25, 0.3) is 0 Å². The summed E-state index contributed by atoms with van der Waals surface area (Å²) in [6.07, 6.45) is 0.891. The Bertz CT molecular complexity index is 259. The van der Waals surface area contributed by atoms with Crippen molar-refractivity contribution in [3.8, 4) is 0 Å². The molecule has 0 bridgehead atoms. The second kappa shape index (κ2) is 6.04. The van der Waals surface area contributed by atoms with Crippen LogP contribution in [0, 0.1) is 13.8 Å². The van der Waals surface area contributed by atoms with Gasteiger partial charge in [0.15, 0.2) is 0 Å². The number of aryl methyl sites for hydroxylation is 1. The molecule has 0 amide bonds. The van der Waals surface area contributed by atoms with Crippen molar-refractivity contribution in [2.24, 2.45) is 0 Å². The van der Waals surface area contributed by atoms with Crippen LogP contribution in [0.1, 0.15) is 21.5 Å². The van der Waals surface area contributed by atoms with E-state index in [1.165, 1.54) is 5.56 Å². The molecular weight excluding hydrogens is 195 g/mol. The lowest BCUT2D eigenvalue weighted by atomic mass is 10.1. The van der Waals surface area contributed by atoms with E-state index in [0.717, 1.165) is 17.4 Å². The van der Waals surface area contributed by atoms with Crippen LogP contribution in [0.5, 0.6) is 0 Å². The van der Waals surface area contributed by atoms with Gasteiger partial charge in [0.05, 0.1) is 0 Å². The maximum Gasteiger partial charge on any atom is 0.150 e. The Labute approximate surface area is 85.0 Å². The van der Waals surface area contributed by atoms with E-state index in [4.69, 9.17) is 0 Å². The van der Waals surface area contributed by atoms with Crippen molar-refractivity contribution < 1.29 is 4.79 Å². The fourth-order valence-corrected chi connectivity index (χ4v) is 0.901. The number of benzene rings is 1. The largest absolute Gasteiger partial charge is 0.298 e. The molecule has 0 atom stereocenters. The normalized spacial score (nSPS) is 7.83. The molecule has 3 heteroatoms. The molecule has 0 aliphatic rings. The summed E-state index contributed by atoms with van der Waals surface area (Å²) in [6, 6.07) is 5.73. The average Bonchev–Trinajstić information content (AvgIpc) is 1.95. The van der Waals surface area contributed by atoms with E-state index < -0.39 is 0 Å². The molecule has 0 N–H and O–H groups in total. The Morgan fingerprint density at radius 3 is 2.17 bits per heavy atom. The van der Waals surface area contributed by atoms with Crippen LogP contribution in [-0.4, -0.2) is 6.29 Å². The Balaban J connectivity index is 0. The number of rotatable bonds is 1. The summed E-state index contributed by atoms with van der Waals surface area (Å²) in [4.78, 5) is 10.4. The third kappa shape index (κ3) is 2.84. The lowest BCUT2D eigenvalue weighted by Crippen LogP contribution is -1.87. The topological polar surface area (TPSA) is 17.1 Å². The summed E-state index contributed by atoms with van der Waals surface area (Å²) < 4.78 is 0. The zero-order chi connectivity index (χ0) is 7.56. The van der Waals surface area contributed by atoms with Gasteiger partial charge in [-0.1, -0.05) is 18.2 Å². The minimum atomic E-state index is 0. The van der Waals surface area contributed by atoms with E-state index in [1.807, 2.05) is 32.0 Å². The highest BCUT2D eigenvalue weighted by Gasteiger charge is 1.96. The molecule has 0 unspecified atom stereocenters. The summed E-state index contributed by atoms with van der Waals surface area (Å²) in [5.41, 5.74) is 3.04. The van der Waals surface area contributed by atoms with Gasteiger partial charge in [0, 0.05) is 5.56 Å². The molecule has 1 aromatic carbocycles. The van der Waals surface area contributed by atoms with Crippen molar-refractivity contribution in [1.29, 1.82) is 0 Å². The van der Waals surface area contributed by atoms with E-state index >= 15 is 0 Å². The second-order valence-electron chi connectivity index (χ2n) is 2.41. The summed E-state index contributed by atoms with van der Waals surface area (Å²) in [5.74, 6) is 0. The third-order valence-electron chi connectivity index (χ3n) is 1.77. The summed E-state index contributed by atoms with van der Waals surface area (Å²) in [7, 11) is 0. The van der Waals surface area contributed by atoms with Crippen molar-refractivity contribution >= 4 is 31.1 Å². The maximum absolute atomic E-state index is 10.4. The number of hydrogen-bond donors (Lipinski definition) is 0. The number of aldehydes is 1. The molecule has 68 valence electrons. The highest BCUT2D eigenvalue weighted by molar-refractivity contribution is 5.85. The molecule has 0 aliphatic carbocycles. The first kappa shape index (κ1) is 14.0. The average molecular weight is 207 g/mol. The predicted molar refractivity (Wildman–Crippen MR) is 55.8 cm³/mol. The fraction of sp³-hybridized carbons (Fsp3) is 0.222. The standard InChI is InChI=1S/C9H10O.2ClH/c1-7-4-3-5-9(6-10)8(7)2;;/h3-6H,1-2H3;2*1H. The van der Waals surface area contributed by atoms with Gasteiger partial charge in [-0.3, -0.25) is 4.79 Å². The highest BCUT2D eigenvalue weighted by Crippen LogP contribution is 2.09. The van der Waals surface area contributed by atoms with E-state index in [-0.39, 0.29) is 24.8 Å². The number of halogens is 2. The molecule has 12 heavy (non-hydrogen) atoms. The van der Waals surface area contributed by atoms with Gasteiger partial charge in [0.2, 0.25) is 0 Å². The minimum absolute atomic E-state index is 0. The molecule has 1 nitrogen and oxygen atoms in total. The first-order valence-corrected chi connectivity index (χ1v) is 3.27. The quantitative estimate of drug-likeness (QED) is 0.647. The van der Waals surface area contributed by atoms with E-state index in [9.17, 15) is 4.79 Å². The Hall–Kier alpha value is -0.530. The van der Waals surface area contributed by atoms with Crippen molar-refractivity contribution in [3.63, 3.8) is 0 Å². The van der Waals surface area contributed by atoms with Crippen molar-refractivity contribution in [2.75, 3.05) is 0 Å². The van der Waals surface area contributed by atoms with Gasteiger partial charge in [-0.15, -0.1) is 24.8 Å². The number of carbonyl (C=O) groups excluding carboxylic acids is 1. The fourth-order valence-electron chi connectivity index (χ4n) is 0.901. The summed E-state index contributed by atoms with van der Waals surface area (Å²) >= 11 is 0. The van der Waals surface area contributed by atoms with Crippen LogP contribution < -0.4 is 0 Å². The number of hydrogen-bond acceptors (Lipinski definition) is 1. The molecule has 1 aromatic rings. The van der Waals surface area contributed by atoms with Crippen molar-refractivity contribution in [2.45, 2.75) is 13.8 Å². The summed E-state index contributed by atoms with van der Waals surface area (Å²) in [6.45, 7) is 3.96. The molecule has 0 radical (unpaired) electrons. The molecule has 0 aliphatic heterocycles. The summed E-state index contributed by atoms with van der Waals surface area (Å²) in [5, 5.41) is 0. The lowest BCUT2D eigenvalue weighted by molar-refractivity contribution is 0.112. The van der Waals surface area contributed by atoms with E-state index in [0.29, 0.717) is 0 Å². The van der Waals surface area contributed by atoms with Gasteiger partial charge in [-0.05, 0) is 25.0 Å². The Kier molecular flexibility index (Phi) is 7.05. The van der Waals surface area contributed by atoms with Gasteiger partial charge in [0.25, 0.3) is 0 Å².